The van der Waals surface area contributed by atoms with Gasteiger partial charge >= 0.3 is 5.97 Å². The fraction of sp³-hybridized carbons (Fsp3) is 0.300. The van der Waals surface area contributed by atoms with Gasteiger partial charge in [0.15, 0.2) is 6.61 Å². The van der Waals surface area contributed by atoms with Gasteiger partial charge in [0.05, 0.1) is 4.90 Å². The molecule has 0 unspecified atom stereocenters. The molecule has 1 amide bonds. The second kappa shape index (κ2) is 8.53. The molecule has 0 radical (unpaired) electrons. The van der Waals surface area contributed by atoms with Crippen LogP contribution in [0.3, 0.4) is 0 Å². The molecule has 0 spiro atoms. The van der Waals surface area contributed by atoms with Crippen LogP contribution in [0.2, 0.25) is 0 Å². The van der Waals surface area contributed by atoms with Crippen LogP contribution in [0.4, 0.5) is 0 Å². The van der Waals surface area contributed by atoms with Gasteiger partial charge in [-0.2, -0.15) is 4.31 Å². The van der Waals surface area contributed by atoms with Gasteiger partial charge in [-0.05, 0) is 29.8 Å². The number of sulfonamides is 1. The molecule has 28 heavy (non-hydrogen) atoms. The van der Waals surface area contributed by atoms with Gasteiger partial charge in [-0.25, -0.2) is 13.2 Å². The second-order valence-corrected chi connectivity index (χ2v) is 8.34. The van der Waals surface area contributed by atoms with Gasteiger partial charge in [0, 0.05) is 32.3 Å². The minimum absolute atomic E-state index is 0.198. The van der Waals surface area contributed by atoms with Crippen molar-refractivity contribution in [1.82, 2.24) is 9.21 Å². The molecule has 1 heterocycles. The summed E-state index contributed by atoms with van der Waals surface area (Å²) in [6.45, 7) is 2.24. The van der Waals surface area contributed by atoms with E-state index >= 15 is 0 Å². The van der Waals surface area contributed by atoms with E-state index in [2.05, 4.69) is 0 Å². The third-order valence-electron chi connectivity index (χ3n) is 4.59. The van der Waals surface area contributed by atoms with E-state index in [0.717, 1.165) is 10.8 Å². The maximum atomic E-state index is 12.9. The zero-order valence-electron chi connectivity index (χ0n) is 15.6. The SMILES string of the molecule is C/C=C/C(=O)OCC(=O)N1CCN(S(=O)(=O)c2ccc3ccccc3c2)CC1. The summed E-state index contributed by atoms with van der Waals surface area (Å²) in [5.41, 5.74) is 0. The van der Waals surface area contributed by atoms with Crippen LogP contribution in [0, 0.1) is 0 Å². The normalized spacial score (nSPS) is 15.8. The Labute approximate surface area is 164 Å². The van der Waals surface area contributed by atoms with E-state index in [1.165, 1.54) is 21.4 Å². The average Bonchev–Trinajstić information content (AvgIpc) is 2.72. The number of piperazine rings is 1. The highest BCUT2D eigenvalue weighted by Gasteiger charge is 2.30. The summed E-state index contributed by atoms with van der Waals surface area (Å²) in [6, 6.07) is 12.6. The highest BCUT2D eigenvalue weighted by atomic mass is 32.2. The highest BCUT2D eigenvalue weighted by Crippen LogP contribution is 2.22. The van der Waals surface area contributed by atoms with Crippen LogP contribution in [0.25, 0.3) is 10.8 Å². The Morgan fingerprint density at radius 2 is 1.71 bits per heavy atom. The van der Waals surface area contributed by atoms with Crippen molar-refractivity contribution in [2.75, 3.05) is 32.8 Å². The molecule has 1 fully saturated rings. The number of allylic oxidation sites excluding steroid dienone is 1. The van der Waals surface area contributed by atoms with E-state index in [1.807, 2.05) is 24.3 Å². The van der Waals surface area contributed by atoms with E-state index in [-0.39, 0.29) is 43.6 Å². The largest absolute Gasteiger partial charge is 0.452 e. The molecule has 0 saturated carbocycles. The molecule has 2 aromatic rings. The van der Waals surface area contributed by atoms with Crippen molar-refractivity contribution in [3.63, 3.8) is 0 Å². The fourth-order valence-electron chi connectivity index (χ4n) is 3.06. The number of ether oxygens (including phenoxy) is 1. The van der Waals surface area contributed by atoms with E-state index in [1.54, 1.807) is 25.1 Å². The molecular weight excluding hydrogens is 380 g/mol. The first kappa shape index (κ1) is 20.0. The van der Waals surface area contributed by atoms with E-state index < -0.39 is 16.0 Å². The van der Waals surface area contributed by atoms with Crippen LogP contribution in [-0.2, 0) is 24.3 Å². The monoisotopic (exact) mass is 402 g/mol. The molecule has 0 atom stereocenters. The van der Waals surface area contributed by atoms with Crippen molar-refractivity contribution < 1.29 is 22.7 Å². The first-order chi connectivity index (χ1) is 13.4. The Bertz CT molecular complexity index is 1010. The number of carbonyl (C=O) groups is 2. The number of amides is 1. The average molecular weight is 402 g/mol. The van der Waals surface area contributed by atoms with Gasteiger partial charge < -0.3 is 9.64 Å². The Hall–Kier alpha value is -2.71. The first-order valence-electron chi connectivity index (χ1n) is 8.98. The maximum Gasteiger partial charge on any atom is 0.330 e. The summed E-state index contributed by atoms with van der Waals surface area (Å²) in [4.78, 5) is 25.2. The molecule has 0 bridgehead atoms. The minimum Gasteiger partial charge on any atom is -0.452 e. The van der Waals surface area contributed by atoms with Gasteiger partial charge in [-0.15, -0.1) is 0 Å². The van der Waals surface area contributed by atoms with Crippen LogP contribution >= 0.6 is 0 Å². The number of fused-ring (bicyclic) bond motifs is 1. The Morgan fingerprint density at radius 3 is 2.39 bits per heavy atom. The molecule has 1 saturated heterocycles. The summed E-state index contributed by atoms with van der Waals surface area (Å²) in [6.07, 6.45) is 2.77. The fourth-order valence-corrected chi connectivity index (χ4v) is 4.52. The Balaban J connectivity index is 1.63. The zero-order chi connectivity index (χ0) is 20.1. The molecule has 7 nitrogen and oxygen atoms in total. The third-order valence-corrected chi connectivity index (χ3v) is 6.49. The lowest BCUT2D eigenvalue weighted by Crippen LogP contribution is -2.51. The van der Waals surface area contributed by atoms with Crippen molar-refractivity contribution in [3.8, 4) is 0 Å². The van der Waals surface area contributed by atoms with E-state index in [9.17, 15) is 18.0 Å². The predicted molar refractivity (Wildman–Crippen MR) is 105 cm³/mol. The van der Waals surface area contributed by atoms with Crippen molar-refractivity contribution in [2.24, 2.45) is 0 Å². The minimum atomic E-state index is -3.63. The molecule has 0 aromatic heterocycles. The number of carbonyl (C=O) groups excluding carboxylic acids is 2. The number of hydrogen-bond donors (Lipinski definition) is 0. The molecule has 1 aliphatic heterocycles. The summed E-state index contributed by atoms with van der Waals surface area (Å²) in [7, 11) is -3.63. The van der Waals surface area contributed by atoms with Crippen molar-refractivity contribution >= 4 is 32.7 Å². The number of nitrogens with zero attached hydrogens (tertiary/aromatic N) is 2. The third kappa shape index (κ3) is 4.40. The smallest absolute Gasteiger partial charge is 0.330 e. The lowest BCUT2D eigenvalue weighted by atomic mass is 10.1. The Morgan fingerprint density at radius 1 is 1.04 bits per heavy atom. The highest BCUT2D eigenvalue weighted by molar-refractivity contribution is 7.89. The van der Waals surface area contributed by atoms with E-state index in [0.29, 0.717) is 0 Å². The molecule has 0 N–H and O–H groups in total. The van der Waals surface area contributed by atoms with Crippen LogP contribution in [0.1, 0.15) is 6.92 Å². The molecule has 2 aromatic carbocycles. The van der Waals surface area contributed by atoms with Gasteiger partial charge in [0.25, 0.3) is 5.91 Å². The van der Waals surface area contributed by atoms with Gasteiger partial charge in [-0.3, -0.25) is 4.79 Å². The molecule has 8 heteroatoms. The van der Waals surface area contributed by atoms with Crippen LogP contribution in [-0.4, -0.2) is 62.3 Å². The molecular formula is C20H22N2O5S. The molecule has 3 rings (SSSR count). The van der Waals surface area contributed by atoms with Gasteiger partial charge in [-0.1, -0.05) is 36.4 Å². The van der Waals surface area contributed by atoms with Crippen molar-refractivity contribution in [3.05, 3.63) is 54.6 Å². The van der Waals surface area contributed by atoms with Crippen molar-refractivity contribution in [2.45, 2.75) is 11.8 Å². The predicted octanol–water partition coefficient (Wildman–Crippen LogP) is 1.79. The molecule has 1 aliphatic rings. The van der Waals surface area contributed by atoms with Gasteiger partial charge in [0.2, 0.25) is 10.0 Å². The van der Waals surface area contributed by atoms with Gasteiger partial charge in [0.1, 0.15) is 0 Å². The zero-order valence-corrected chi connectivity index (χ0v) is 16.4. The standard InChI is InChI=1S/C20H22N2O5S/c1-2-5-20(24)27-15-19(23)21-10-12-22(13-11-21)28(25,26)18-9-8-16-6-3-4-7-17(16)14-18/h2-9,14H,10-13,15H2,1H3/b5-2+. The summed E-state index contributed by atoms with van der Waals surface area (Å²) < 4.78 is 32.1. The van der Waals surface area contributed by atoms with Crippen molar-refractivity contribution in [1.29, 1.82) is 0 Å². The quantitative estimate of drug-likeness (QED) is 0.562. The van der Waals surface area contributed by atoms with Crippen LogP contribution in [0.15, 0.2) is 59.5 Å². The van der Waals surface area contributed by atoms with Crippen LogP contribution in [0.5, 0.6) is 0 Å². The van der Waals surface area contributed by atoms with Crippen LogP contribution < -0.4 is 0 Å². The maximum absolute atomic E-state index is 12.9. The molecule has 148 valence electrons. The molecule has 0 aliphatic carbocycles. The lowest BCUT2D eigenvalue weighted by molar-refractivity contribution is -0.148. The topological polar surface area (TPSA) is 84.0 Å². The Kier molecular flexibility index (Phi) is 6.11. The summed E-state index contributed by atoms with van der Waals surface area (Å²) >= 11 is 0. The van der Waals surface area contributed by atoms with E-state index in [4.69, 9.17) is 4.74 Å². The second-order valence-electron chi connectivity index (χ2n) is 6.40. The lowest BCUT2D eigenvalue weighted by Gasteiger charge is -2.33. The summed E-state index contributed by atoms with van der Waals surface area (Å²) in [5.74, 6) is -0.908. The number of benzene rings is 2. The number of rotatable bonds is 5. The number of esters is 1. The summed E-state index contributed by atoms with van der Waals surface area (Å²) in [5, 5.41) is 1.84. The first-order valence-corrected chi connectivity index (χ1v) is 10.4. The number of hydrogen-bond acceptors (Lipinski definition) is 5.